The van der Waals surface area contributed by atoms with E-state index in [0.717, 1.165) is 5.56 Å². The van der Waals surface area contributed by atoms with Crippen LogP contribution in [-0.2, 0) is 4.79 Å². The first-order chi connectivity index (χ1) is 12.4. The summed E-state index contributed by atoms with van der Waals surface area (Å²) >= 11 is 0. The van der Waals surface area contributed by atoms with Crippen molar-refractivity contribution in [1.82, 2.24) is 0 Å². The van der Waals surface area contributed by atoms with Crippen molar-refractivity contribution in [3.63, 3.8) is 0 Å². The molecule has 0 unspecified atom stereocenters. The molecule has 3 aromatic rings. The Kier molecular flexibility index (Phi) is 4.66. The number of carbonyl (C=O) groups is 2. The molecule has 0 spiro atoms. The zero-order valence-corrected chi connectivity index (χ0v) is 13.6. The Morgan fingerprint density at radius 3 is 2.54 bits per heavy atom. The fourth-order valence-electron chi connectivity index (χ4n) is 2.40. The summed E-state index contributed by atoms with van der Waals surface area (Å²) < 4.78 is 5.04. The summed E-state index contributed by atoms with van der Waals surface area (Å²) in [5.41, 5.74) is 6.09. The van der Waals surface area contributed by atoms with Gasteiger partial charge in [-0.3, -0.25) is 9.59 Å². The first-order valence-corrected chi connectivity index (χ1v) is 7.79. The molecular formula is C20H15NO5. The summed E-state index contributed by atoms with van der Waals surface area (Å²) in [6, 6.07) is 12.5. The maximum absolute atomic E-state index is 12.3. The predicted molar refractivity (Wildman–Crippen MR) is 98.0 cm³/mol. The molecule has 0 saturated heterocycles. The monoisotopic (exact) mass is 349 g/mol. The molecule has 0 aliphatic heterocycles. The lowest BCUT2D eigenvalue weighted by Crippen LogP contribution is -2.16. The molecule has 3 N–H and O–H groups in total. The Morgan fingerprint density at radius 1 is 1.08 bits per heavy atom. The van der Waals surface area contributed by atoms with Crippen molar-refractivity contribution in [3.8, 4) is 5.75 Å². The molecule has 2 aromatic carbocycles. The van der Waals surface area contributed by atoms with Gasteiger partial charge in [0.2, 0.25) is 0 Å². The van der Waals surface area contributed by atoms with Crippen LogP contribution < -0.4 is 11.4 Å². The molecule has 1 heterocycles. The number of hydrogen-bond acceptors (Lipinski definition) is 6. The second-order valence-electron chi connectivity index (χ2n) is 5.74. The summed E-state index contributed by atoms with van der Waals surface area (Å²) in [5.74, 6) is -1.11. The zero-order chi connectivity index (χ0) is 18.7. The Balaban J connectivity index is 1.77. The molecule has 130 valence electrons. The highest BCUT2D eigenvalue weighted by atomic mass is 16.4. The van der Waals surface area contributed by atoms with Crippen molar-refractivity contribution in [2.75, 3.05) is 5.73 Å². The molecule has 0 fully saturated rings. The molecule has 0 bridgehead atoms. The molecule has 26 heavy (non-hydrogen) atoms. The average molecular weight is 349 g/mol. The van der Waals surface area contributed by atoms with E-state index in [9.17, 15) is 19.5 Å². The smallest absolute Gasteiger partial charge is 0.347 e. The number of aromatic hydroxyl groups is 1. The van der Waals surface area contributed by atoms with Gasteiger partial charge >= 0.3 is 5.63 Å². The molecule has 0 saturated carbocycles. The number of phenols is 1. The Labute approximate surface area is 148 Å². The molecule has 6 nitrogen and oxygen atoms in total. The summed E-state index contributed by atoms with van der Waals surface area (Å²) in [6.07, 6.45) is 2.41. The van der Waals surface area contributed by atoms with Gasteiger partial charge in [0.25, 0.3) is 0 Å². The van der Waals surface area contributed by atoms with Crippen molar-refractivity contribution in [1.29, 1.82) is 0 Å². The molecule has 0 atom stereocenters. The van der Waals surface area contributed by atoms with Gasteiger partial charge in [-0.15, -0.1) is 0 Å². The first kappa shape index (κ1) is 17.2. The van der Waals surface area contributed by atoms with Gasteiger partial charge in [0, 0.05) is 17.1 Å². The maximum atomic E-state index is 12.3. The van der Waals surface area contributed by atoms with Gasteiger partial charge in [0.05, 0.1) is 6.42 Å². The van der Waals surface area contributed by atoms with E-state index in [1.165, 1.54) is 30.3 Å². The highest BCUT2D eigenvalue weighted by Crippen LogP contribution is 2.19. The zero-order valence-electron chi connectivity index (χ0n) is 13.6. The van der Waals surface area contributed by atoms with Crippen LogP contribution in [0.5, 0.6) is 5.75 Å². The number of hydrogen-bond donors (Lipinski definition) is 2. The predicted octanol–water partition coefficient (Wildman–Crippen LogP) is 2.94. The lowest BCUT2D eigenvalue weighted by Gasteiger charge is -2.01. The number of phenolic OH excluding ortho intramolecular Hbond substituents is 1. The Bertz CT molecular complexity index is 1080. The molecule has 1 aromatic heterocycles. The molecular weight excluding hydrogens is 334 g/mol. The van der Waals surface area contributed by atoms with E-state index in [2.05, 4.69) is 0 Å². The summed E-state index contributed by atoms with van der Waals surface area (Å²) in [4.78, 5) is 36.2. The van der Waals surface area contributed by atoms with E-state index < -0.39 is 23.6 Å². The number of nitrogens with two attached hydrogens (primary N) is 1. The number of rotatable bonds is 5. The minimum Gasteiger partial charge on any atom is -0.508 e. The van der Waals surface area contributed by atoms with Gasteiger partial charge in [-0.1, -0.05) is 18.2 Å². The van der Waals surface area contributed by atoms with Crippen LogP contribution in [-0.4, -0.2) is 16.7 Å². The summed E-state index contributed by atoms with van der Waals surface area (Å²) in [7, 11) is 0. The second kappa shape index (κ2) is 7.06. The third-order valence-corrected chi connectivity index (χ3v) is 3.75. The quantitative estimate of drug-likeness (QED) is 0.241. The number of ketones is 2. The van der Waals surface area contributed by atoms with Gasteiger partial charge in [0.1, 0.15) is 16.9 Å². The van der Waals surface area contributed by atoms with E-state index in [0.29, 0.717) is 11.1 Å². The summed E-state index contributed by atoms with van der Waals surface area (Å²) in [5, 5.41) is 9.88. The number of fused-ring (bicyclic) bond motifs is 1. The third-order valence-electron chi connectivity index (χ3n) is 3.75. The molecule has 0 aliphatic carbocycles. The van der Waals surface area contributed by atoms with Gasteiger partial charge < -0.3 is 15.3 Å². The average Bonchev–Trinajstić information content (AvgIpc) is 2.60. The van der Waals surface area contributed by atoms with Crippen LogP contribution in [0.15, 0.2) is 63.8 Å². The lowest BCUT2D eigenvalue weighted by molar-refractivity contribution is -0.113. The van der Waals surface area contributed by atoms with Gasteiger partial charge in [-0.25, -0.2) is 4.79 Å². The minimum atomic E-state index is -0.844. The Hall–Kier alpha value is -3.67. The van der Waals surface area contributed by atoms with Crippen molar-refractivity contribution in [2.45, 2.75) is 6.42 Å². The summed E-state index contributed by atoms with van der Waals surface area (Å²) in [6.45, 7) is 0. The van der Waals surface area contributed by atoms with Crippen LogP contribution in [0.25, 0.3) is 17.0 Å². The number of carbonyl (C=O) groups excluding carboxylic acids is 2. The van der Waals surface area contributed by atoms with Crippen LogP contribution in [0.3, 0.4) is 0 Å². The van der Waals surface area contributed by atoms with E-state index in [1.807, 2.05) is 0 Å². The number of nitrogen functional groups attached to an aromatic ring is 1. The van der Waals surface area contributed by atoms with Gasteiger partial charge in [0.15, 0.2) is 11.6 Å². The van der Waals surface area contributed by atoms with Gasteiger partial charge in [-0.2, -0.15) is 0 Å². The van der Waals surface area contributed by atoms with Crippen molar-refractivity contribution in [3.05, 3.63) is 76.2 Å². The second-order valence-corrected chi connectivity index (χ2v) is 5.74. The highest BCUT2D eigenvalue weighted by molar-refractivity contribution is 6.12. The maximum Gasteiger partial charge on any atom is 0.347 e. The standard InChI is InChI=1S/C20H15NO5/c21-14-5-1-12(2-6-14)3-7-15(22)10-18(24)17-9-13-4-8-16(23)11-19(13)26-20(17)25/h1-9,11,23H,10,21H2. The normalized spacial score (nSPS) is 11.1. The van der Waals surface area contributed by atoms with Crippen molar-refractivity contribution >= 4 is 34.3 Å². The van der Waals surface area contributed by atoms with E-state index in [-0.39, 0.29) is 16.9 Å². The van der Waals surface area contributed by atoms with Crippen LogP contribution >= 0.6 is 0 Å². The lowest BCUT2D eigenvalue weighted by atomic mass is 10.1. The molecule has 6 heteroatoms. The number of anilines is 1. The van der Waals surface area contributed by atoms with Crippen LogP contribution in [0.2, 0.25) is 0 Å². The SMILES string of the molecule is Nc1ccc(C=CC(=O)CC(=O)c2cc3ccc(O)cc3oc2=O)cc1. The topological polar surface area (TPSA) is 111 Å². The molecule has 0 aliphatic rings. The van der Waals surface area contributed by atoms with Crippen molar-refractivity contribution in [2.24, 2.45) is 0 Å². The van der Waals surface area contributed by atoms with Crippen LogP contribution in [0, 0.1) is 0 Å². The fraction of sp³-hybridized carbons (Fsp3) is 0.0500. The largest absolute Gasteiger partial charge is 0.508 e. The number of Topliss-reactive ketones (excluding diaryl/α,β-unsaturated/α-hetero) is 1. The minimum absolute atomic E-state index is 0.0530. The highest BCUT2D eigenvalue weighted by Gasteiger charge is 2.16. The first-order valence-electron chi connectivity index (χ1n) is 7.79. The molecule has 3 rings (SSSR count). The number of benzene rings is 2. The van der Waals surface area contributed by atoms with E-state index >= 15 is 0 Å². The fourth-order valence-corrected chi connectivity index (χ4v) is 2.40. The van der Waals surface area contributed by atoms with Gasteiger partial charge in [-0.05, 0) is 42.0 Å². The van der Waals surface area contributed by atoms with E-state index in [1.54, 1.807) is 30.3 Å². The van der Waals surface area contributed by atoms with Crippen LogP contribution in [0.4, 0.5) is 5.69 Å². The molecule has 0 amide bonds. The Morgan fingerprint density at radius 2 is 1.81 bits per heavy atom. The number of allylic oxidation sites excluding steroid dienone is 1. The van der Waals surface area contributed by atoms with Crippen LogP contribution in [0.1, 0.15) is 22.3 Å². The van der Waals surface area contributed by atoms with E-state index in [4.69, 9.17) is 10.2 Å². The van der Waals surface area contributed by atoms with Crippen molar-refractivity contribution < 1.29 is 19.1 Å². The third kappa shape index (κ3) is 3.87. The molecule has 0 radical (unpaired) electrons.